The van der Waals surface area contributed by atoms with E-state index in [1.807, 2.05) is 25.1 Å². The first-order chi connectivity index (χ1) is 13.7. The molecule has 1 heterocycles. The van der Waals surface area contributed by atoms with Crippen molar-refractivity contribution in [3.8, 4) is 0 Å². The van der Waals surface area contributed by atoms with Gasteiger partial charge in [0.05, 0.1) is 4.90 Å². The van der Waals surface area contributed by atoms with Crippen LogP contribution < -0.4 is 0 Å². The van der Waals surface area contributed by atoms with Crippen LogP contribution in [0.15, 0.2) is 47.4 Å². The van der Waals surface area contributed by atoms with Gasteiger partial charge in [-0.15, -0.1) is 0 Å². The van der Waals surface area contributed by atoms with Gasteiger partial charge in [0.2, 0.25) is 10.0 Å². The van der Waals surface area contributed by atoms with Crippen LogP contribution in [-0.4, -0.2) is 18.5 Å². The predicted octanol–water partition coefficient (Wildman–Crippen LogP) is 4.64. The smallest absolute Gasteiger partial charge is 0.243 e. The van der Waals surface area contributed by atoms with Crippen LogP contribution in [0.25, 0.3) is 0 Å². The first kappa shape index (κ1) is 20.3. The molecule has 0 bridgehead atoms. The molecule has 2 aromatic rings. The summed E-state index contributed by atoms with van der Waals surface area (Å²) < 4.78 is 27.6. The Morgan fingerprint density at radius 2 is 1.76 bits per heavy atom. The maximum absolute atomic E-state index is 13.0. The molecule has 4 rings (SSSR count). The predicted molar refractivity (Wildman–Crippen MR) is 114 cm³/mol. The van der Waals surface area contributed by atoms with Crippen molar-refractivity contribution >= 4 is 15.8 Å². The second kappa shape index (κ2) is 7.37. The summed E-state index contributed by atoms with van der Waals surface area (Å²) in [5.41, 5.74) is 3.95. The third-order valence-corrected chi connectivity index (χ3v) is 8.77. The van der Waals surface area contributed by atoms with Gasteiger partial charge in [-0.3, -0.25) is 4.79 Å². The number of carbonyl (C=O) groups is 1. The summed E-state index contributed by atoms with van der Waals surface area (Å²) in [7, 11) is -3.51. The molecular formula is C24H29NO3S. The minimum atomic E-state index is -3.51. The highest BCUT2D eigenvalue weighted by Crippen LogP contribution is 2.41. The highest BCUT2D eigenvalue weighted by atomic mass is 32.2. The standard InChI is InChI=1S/C24H29NO3S/c1-17-7-11-22(12-8-17)29(27,28)25-15-20-10-9-19(13-21(20)16-25)14-24(3)18(2)5-4-6-23(24)26/h7-13,18H,4-6,14-16H2,1-3H3/t18-,24+/m0/s1. The number of aryl methyl sites for hydroxylation is 1. The quantitative estimate of drug-likeness (QED) is 0.737. The van der Waals surface area contributed by atoms with Crippen molar-refractivity contribution in [1.29, 1.82) is 0 Å². The first-order valence-corrected chi connectivity index (χ1v) is 11.8. The van der Waals surface area contributed by atoms with E-state index < -0.39 is 10.0 Å². The van der Waals surface area contributed by atoms with Crippen molar-refractivity contribution < 1.29 is 13.2 Å². The second-order valence-corrected chi connectivity index (χ2v) is 10.9. The average molecular weight is 412 g/mol. The molecule has 4 nitrogen and oxygen atoms in total. The van der Waals surface area contributed by atoms with Crippen molar-refractivity contribution in [1.82, 2.24) is 4.31 Å². The third kappa shape index (κ3) is 3.66. The number of sulfonamides is 1. The summed E-state index contributed by atoms with van der Waals surface area (Å²) >= 11 is 0. The van der Waals surface area contributed by atoms with Gasteiger partial charge < -0.3 is 0 Å². The van der Waals surface area contributed by atoms with Crippen LogP contribution in [0, 0.1) is 18.3 Å². The van der Waals surface area contributed by atoms with Gasteiger partial charge in [-0.2, -0.15) is 4.31 Å². The minimum absolute atomic E-state index is 0.321. The summed E-state index contributed by atoms with van der Waals surface area (Å²) in [5, 5.41) is 0. The Kier molecular flexibility index (Phi) is 5.16. The number of nitrogens with zero attached hydrogens (tertiary/aromatic N) is 1. The molecule has 0 amide bonds. The van der Waals surface area contributed by atoms with Gasteiger partial charge in [-0.25, -0.2) is 8.42 Å². The van der Waals surface area contributed by atoms with Crippen LogP contribution >= 0.6 is 0 Å². The van der Waals surface area contributed by atoms with Crippen LogP contribution in [-0.2, 0) is 34.3 Å². The number of carbonyl (C=O) groups excluding carboxylic acids is 1. The monoisotopic (exact) mass is 411 g/mol. The number of hydrogen-bond acceptors (Lipinski definition) is 3. The van der Waals surface area contributed by atoms with E-state index in [-0.39, 0.29) is 5.41 Å². The Balaban J connectivity index is 1.55. The Morgan fingerprint density at radius 3 is 2.45 bits per heavy atom. The molecule has 0 aromatic heterocycles. The van der Waals surface area contributed by atoms with Crippen LogP contribution in [0.4, 0.5) is 0 Å². The number of ketones is 1. The summed E-state index contributed by atoms with van der Waals surface area (Å²) in [5.74, 6) is 0.732. The van der Waals surface area contributed by atoms with E-state index in [0.717, 1.165) is 41.5 Å². The van der Waals surface area contributed by atoms with E-state index >= 15 is 0 Å². The number of hydrogen-bond donors (Lipinski definition) is 0. The van der Waals surface area contributed by atoms with Crippen LogP contribution in [0.1, 0.15) is 55.4 Å². The molecule has 5 heteroatoms. The molecule has 0 spiro atoms. The van der Waals surface area contributed by atoms with Crippen molar-refractivity contribution in [3.05, 3.63) is 64.7 Å². The second-order valence-electron chi connectivity index (χ2n) is 9.00. The fourth-order valence-electron chi connectivity index (χ4n) is 4.70. The molecule has 1 aliphatic carbocycles. The molecule has 1 saturated carbocycles. The van der Waals surface area contributed by atoms with Crippen LogP contribution in [0.2, 0.25) is 0 Å². The van der Waals surface area contributed by atoms with Gasteiger partial charge in [0.1, 0.15) is 5.78 Å². The zero-order chi connectivity index (χ0) is 20.8. The summed E-state index contributed by atoms with van der Waals surface area (Å²) in [4.78, 5) is 13.0. The van der Waals surface area contributed by atoms with E-state index in [1.54, 1.807) is 16.4 Å². The Hall–Kier alpha value is -1.98. The molecule has 0 saturated heterocycles. The topological polar surface area (TPSA) is 54.5 Å². The van der Waals surface area contributed by atoms with E-state index in [1.165, 1.54) is 0 Å². The number of benzene rings is 2. The number of rotatable bonds is 4. The Labute approximate surface area is 174 Å². The molecule has 0 N–H and O–H groups in total. The van der Waals surface area contributed by atoms with Crippen molar-refractivity contribution in [2.45, 2.75) is 64.4 Å². The summed E-state index contributed by atoms with van der Waals surface area (Å²) in [6.07, 6.45) is 3.49. The normalized spacial score (nSPS) is 25.2. The van der Waals surface area contributed by atoms with Crippen molar-refractivity contribution in [3.63, 3.8) is 0 Å². The lowest BCUT2D eigenvalue weighted by Crippen LogP contribution is -2.39. The van der Waals surface area contributed by atoms with E-state index in [9.17, 15) is 13.2 Å². The van der Waals surface area contributed by atoms with E-state index in [0.29, 0.717) is 36.1 Å². The number of fused-ring (bicyclic) bond motifs is 1. The average Bonchev–Trinajstić information content (AvgIpc) is 3.11. The van der Waals surface area contributed by atoms with Gasteiger partial charge in [-0.1, -0.05) is 49.7 Å². The zero-order valence-electron chi connectivity index (χ0n) is 17.4. The number of Topliss-reactive ketones (excluding diaryl/α,β-unsaturated/α-hetero) is 1. The van der Waals surface area contributed by atoms with Crippen molar-refractivity contribution in [2.24, 2.45) is 11.3 Å². The molecular weight excluding hydrogens is 382 g/mol. The Morgan fingerprint density at radius 1 is 1.07 bits per heavy atom. The van der Waals surface area contributed by atoms with Gasteiger partial charge in [0, 0.05) is 24.9 Å². The fraction of sp³-hybridized carbons (Fsp3) is 0.458. The summed E-state index contributed by atoms with van der Waals surface area (Å²) in [6.45, 7) is 7.01. The lowest BCUT2D eigenvalue weighted by atomic mass is 9.64. The lowest BCUT2D eigenvalue weighted by molar-refractivity contribution is -0.133. The van der Waals surface area contributed by atoms with Crippen molar-refractivity contribution in [2.75, 3.05) is 0 Å². The molecule has 0 unspecified atom stereocenters. The molecule has 2 aliphatic rings. The van der Waals surface area contributed by atoms with E-state index in [2.05, 4.69) is 26.0 Å². The van der Waals surface area contributed by atoms with Gasteiger partial charge in [0.15, 0.2) is 0 Å². The zero-order valence-corrected chi connectivity index (χ0v) is 18.3. The maximum atomic E-state index is 13.0. The lowest BCUT2D eigenvalue weighted by Gasteiger charge is -2.38. The molecule has 0 radical (unpaired) electrons. The highest BCUT2D eigenvalue weighted by Gasteiger charge is 2.41. The molecule has 2 atom stereocenters. The SMILES string of the molecule is Cc1ccc(S(=O)(=O)N2Cc3ccc(C[C@@]4(C)C(=O)CCC[C@@H]4C)cc3C2)cc1. The molecule has 154 valence electrons. The fourth-order valence-corrected chi connectivity index (χ4v) is 6.10. The minimum Gasteiger partial charge on any atom is -0.299 e. The molecule has 29 heavy (non-hydrogen) atoms. The Bertz CT molecular complexity index is 1040. The van der Waals surface area contributed by atoms with Crippen LogP contribution in [0.3, 0.4) is 0 Å². The molecule has 1 aliphatic heterocycles. The largest absolute Gasteiger partial charge is 0.299 e. The molecule has 1 fully saturated rings. The van der Waals surface area contributed by atoms with Gasteiger partial charge in [0.25, 0.3) is 0 Å². The third-order valence-electron chi connectivity index (χ3n) is 6.96. The summed E-state index contributed by atoms with van der Waals surface area (Å²) in [6, 6.07) is 13.2. The van der Waals surface area contributed by atoms with E-state index in [4.69, 9.17) is 0 Å². The van der Waals surface area contributed by atoms with Crippen LogP contribution in [0.5, 0.6) is 0 Å². The highest BCUT2D eigenvalue weighted by molar-refractivity contribution is 7.89. The van der Waals surface area contributed by atoms with Gasteiger partial charge in [-0.05, 0) is 60.9 Å². The van der Waals surface area contributed by atoms with Gasteiger partial charge >= 0.3 is 0 Å². The molecule has 2 aromatic carbocycles. The first-order valence-electron chi connectivity index (χ1n) is 10.4. The maximum Gasteiger partial charge on any atom is 0.243 e.